The number of nitrogens with one attached hydrogen (secondary N) is 1. The zero-order chi connectivity index (χ0) is 20.2. The van der Waals surface area contributed by atoms with Crippen molar-refractivity contribution in [2.75, 3.05) is 0 Å². The van der Waals surface area contributed by atoms with Crippen LogP contribution in [0.5, 0.6) is 0 Å². The number of carbonyl (C=O) groups is 1. The van der Waals surface area contributed by atoms with Crippen molar-refractivity contribution in [3.05, 3.63) is 95.9 Å². The molecule has 0 unspecified atom stereocenters. The van der Waals surface area contributed by atoms with Crippen LogP contribution in [0.3, 0.4) is 0 Å². The zero-order valence-corrected chi connectivity index (χ0v) is 16.5. The summed E-state index contributed by atoms with van der Waals surface area (Å²) in [4.78, 5) is 12.9. The summed E-state index contributed by atoms with van der Waals surface area (Å²) in [6.45, 7) is 4.75. The van der Waals surface area contributed by atoms with E-state index in [0.717, 1.165) is 11.3 Å². The number of nitrogens with zero attached hydrogens (tertiary/aromatic N) is 4. The van der Waals surface area contributed by atoms with Gasteiger partial charge in [0.1, 0.15) is 0 Å². The molecule has 146 valence electrons. The monoisotopic (exact) mass is 385 g/mol. The Balaban J connectivity index is 1.67. The van der Waals surface area contributed by atoms with Gasteiger partial charge >= 0.3 is 0 Å². The van der Waals surface area contributed by atoms with Crippen molar-refractivity contribution in [3.8, 4) is 11.5 Å². The molecule has 0 radical (unpaired) electrons. The van der Waals surface area contributed by atoms with E-state index < -0.39 is 0 Å². The number of rotatable bonds is 6. The fraction of sp³-hybridized carbons (Fsp3) is 0.174. The molecule has 2 aromatic carbocycles. The van der Waals surface area contributed by atoms with Gasteiger partial charge in [0.2, 0.25) is 0 Å². The first-order valence-corrected chi connectivity index (χ1v) is 9.65. The number of amides is 1. The zero-order valence-electron chi connectivity index (χ0n) is 16.5. The van der Waals surface area contributed by atoms with Gasteiger partial charge < -0.3 is 9.88 Å². The van der Waals surface area contributed by atoms with Gasteiger partial charge in [0.05, 0.1) is 5.69 Å². The van der Waals surface area contributed by atoms with E-state index in [9.17, 15) is 4.79 Å². The number of aromatic nitrogens is 4. The van der Waals surface area contributed by atoms with Crippen LogP contribution in [0, 0.1) is 0 Å². The average Bonchev–Trinajstić information content (AvgIpc) is 3.42. The summed E-state index contributed by atoms with van der Waals surface area (Å²) in [5.74, 6) is 0.795. The minimum Gasteiger partial charge on any atom is -0.346 e. The van der Waals surface area contributed by atoms with E-state index in [4.69, 9.17) is 0 Å². The number of benzene rings is 2. The van der Waals surface area contributed by atoms with Crippen molar-refractivity contribution in [1.82, 2.24) is 24.9 Å². The Morgan fingerprint density at radius 2 is 1.66 bits per heavy atom. The van der Waals surface area contributed by atoms with Crippen molar-refractivity contribution in [2.45, 2.75) is 26.3 Å². The highest BCUT2D eigenvalue weighted by molar-refractivity contribution is 5.95. The second-order valence-corrected chi connectivity index (χ2v) is 7.18. The largest absolute Gasteiger partial charge is 0.346 e. The molecule has 6 heteroatoms. The van der Waals surface area contributed by atoms with Crippen LogP contribution in [-0.2, 0) is 6.54 Å². The van der Waals surface area contributed by atoms with E-state index in [0.29, 0.717) is 18.3 Å². The van der Waals surface area contributed by atoms with Crippen LogP contribution in [0.25, 0.3) is 11.5 Å². The SMILES string of the molecule is CC(C)c1ccc(-n2nnc(C(=O)NCc3ccccc3)c2-n2cccc2)cc1. The molecule has 2 aromatic heterocycles. The molecule has 0 fully saturated rings. The molecule has 0 spiro atoms. The molecular formula is C23H23N5O. The van der Waals surface area contributed by atoms with Crippen LogP contribution in [0.2, 0.25) is 0 Å². The molecule has 1 N–H and O–H groups in total. The molecule has 0 saturated carbocycles. The highest BCUT2D eigenvalue weighted by Crippen LogP contribution is 2.21. The fourth-order valence-corrected chi connectivity index (χ4v) is 3.17. The summed E-state index contributed by atoms with van der Waals surface area (Å²) < 4.78 is 3.55. The van der Waals surface area contributed by atoms with Gasteiger partial charge in [-0.15, -0.1) is 5.10 Å². The molecule has 0 saturated heterocycles. The van der Waals surface area contributed by atoms with Gasteiger partial charge in [-0.25, -0.2) is 0 Å². The third-order valence-electron chi connectivity index (χ3n) is 4.81. The molecule has 4 aromatic rings. The van der Waals surface area contributed by atoms with E-state index in [1.807, 2.05) is 71.6 Å². The number of carbonyl (C=O) groups excluding carboxylic acids is 1. The Labute approximate surface area is 169 Å². The predicted octanol–water partition coefficient (Wildman–Crippen LogP) is 4.11. The first kappa shape index (κ1) is 18.7. The normalized spacial score (nSPS) is 11.0. The third-order valence-corrected chi connectivity index (χ3v) is 4.81. The average molecular weight is 385 g/mol. The summed E-state index contributed by atoms with van der Waals surface area (Å²) in [5, 5.41) is 11.4. The Hall–Kier alpha value is -3.67. The number of hydrogen-bond donors (Lipinski definition) is 1. The Bertz CT molecular complexity index is 1080. The third kappa shape index (κ3) is 3.96. The molecule has 6 nitrogen and oxygen atoms in total. The van der Waals surface area contributed by atoms with Crippen molar-refractivity contribution >= 4 is 5.91 Å². The summed E-state index contributed by atoms with van der Waals surface area (Å²) in [6, 6.07) is 21.8. The van der Waals surface area contributed by atoms with Crippen molar-refractivity contribution in [1.29, 1.82) is 0 Å². The van der Waals surface area contributed by atoms with E-state index in [2.05, 4.69) is 41.6 Å². The van der Waals surface area contributed by atoms with Gasteiger partial charge in [0.15, 0.2) is 11.5 Å². The second-order valence-electron chi connectivity index (χ2n) is 7.18. The predicted molar refractivity (Wildman–Crippen MR) is 112 cm³/mol. The standard InChI is InChI=1S/C23H23N5O/c1-17(2)19-10-12-20(13-11-19)28-23(27-14-6-7-15-27)21(25-26-28)22(29)24-16-18-8-4-3-5-9-18/h3-15,17H,16H2,1-2H3,(H,24,29). The first-order valence-electron chi connectivity index (χ1n) is 9.65. The molecule has 0 bridgehead atoms. The Kier molecular flexibility index (Phi) is 5.24. The first-order chi connectivity index (χ1) is 14.1. The molecule has 0 aliphatic carbocycles. The minimum atomic E-state index is -0.261. The summed E-state index contributed by atoms with van der Waals surface area (Å²) in [7, 11) is 0. The highest BCUT2D eigenvalue weighted by atomic mass is 16.2. The quantitative estimate of drug-likeness (QED) is 0.543. The lowest BCUT2D eigenvalue weighted by Gasteiger charge is -2.11. The summed E-state index contributed by atoms with van der Waals surface area (Å²) >= 11 is 0. The Morgan fingerprint density at radius 3 is 2.31 bits per heavy atom. The molecule has 2 heterocycles. The lowest BCUT2D eigenvalue weighted by Crippen LogP contribution is -2.24. The van der Waals surface area contributed by atoms with Gasteiger partial charge in [0, 0.05) is 18.9 Å². The van der Waals surface area contributed by atoms with E-state index in [-0.39, 0.29) is 11.6 Å². The summed E-state index contributed by atoms with van der Waals surface area (Å²) in [6.07, 6.45) is 3.76. The van der Waals surface area contributed by atoms with Crippen molar-refractivity contribution in [3.63, 3.8) is 0 Å². The maximum atomic E-state index is 12.9. The van der Waals surface area contributed by atoms with Crippen LogP contribution >= 0.6 is 0 Å². The van der Waals surface area contributed by atoms with Crippen LogP contribution in [0.15, 0.2) is 79.1 Å². The molecule has 0 aliphatic rings. The van der Waals surface area contributed by atoms with Crippen LogP contribution in [0.1, 0.15) is 41.4 Å². The van der Waals surface area contributed by atoms with Gasteiger partial charge in [-0.3, -0.25) is 4.79 Å². The Morgan fingerprint density at radius 1 is 0.966 bits per heavy atom. The maximum Gasteiger partial charge on any atom is 0.276 e. The second kappa shape index (κ2) is 8.14. The molecule has 0 atom stereocenters. The molecule has 0 aliphatic heterocycles. The van der Waals surface area contributed by atoms with Crippen LogP contribution < -0.4 is 5.32 Å². The lowest BCUT2D eigenvalue weighted by molar-refractivity contribution is 0.0946. The fourth-order valence-electron chi connectivity index (χ4n) is 3.17. The topological polar surface area (TPSA) is 64.7 Å². The minimum absolute atomic E-state index is 0.261. The van der Waals surface area contributed by atoms with Crippen molar-refractivity contribution < 1.29 is 4.79 Å². The lowest BCUT2D eigenvalue weighted by atomic mass is 10.0. The summed E-state index contributed by atoms with van der Waals surface area (Å²) in [5.41, 5.74) is 3.41. The van der Waals surface area contributed by atoms with Gasteiger partial charge in [-0.05, 0) is 41.3 Å². The molecule has 29 heavy (non-hydrogen) atoms. The van der Waals surface area contributed by atoms with Crippen molar-refractivity contribution in [2.24, 2.45) is 0 Å². The smallest absolute Gasteiger partial charge is 0.276 e. The van der Waals surface area contributed by atoms with E-state index in [1.54, 1.807) is 4.68 Å². The molecule has 4 rings (SSSR count). The maximum absolute atomic E-state index is 12.9. The highest BCUT2D eigenvalue weighted by Gasteiger charge is 2.22. The van der Waals surface area contributed by atoms with E-state index in [1.165, 1.54) is 5.56 Å². The van der Waals surface area contributed by atoms with Gasteiger partial charge in [0.25, 0.3) is 5.91 Å². The van der Waals surface area contributed by atoms with Gasteiger partial charge in [-0.1, -0.05) is 61.5 Å². The van der Waals surface area contributed by atoms with Gasteiger partial charge in [-0.2, -0.15) is 4.68 Å². The number of hydrogen-bond acceptors (Lipinski definition) is 3. The van der Waals surface area contributed by atoms with Crippen LogP contribution in [-0.4, -0.2) is 25.5 Å². The van der Waals surface area contributed by atoms with Crippen LogP contribution in [0.4, 0.5) is 0 Å². The van der Waals surface area contributed by atoms with E-state index >= 15 is 0 Å². The molecular weight excluding hydrogens is 362 g/mol. The molecule has 1 amide bonds.